The lowest BCUT2D eigenvalue weighted by Crippen LogP contribution is -2.16. The highest BCUT2D eigenvalue weighted by Gasteiger charge is 2.34. The molecule has 0 saturated carbocycles. The molecule has 2 rings (SSSR count). The molecular weight excluding hydrogens is 302 g/mol. The van der Waals surface area contributed by atoms with Crippen LogP contribution in [-0.4, -0.2) is 15.9 Å². The van der Waals surface area contributed by atoms with E-state index in [2.05, 4.69) is 15.3 Å². The number of nitrogens with zero attached hydrogens (tertiary/aromatic N) is 2. The minimum atomic E-state index is -4.84. The van der Waals surface area contributed by atoms with Crippen LogP contribution in [0.25, 0.3) is 0 Å². The van der Waals surface area contributed by atoms with Crippen molar-refractivity contribution in [3.8, 4) is 0 Å². The first-order valence-electron chi connectivity index (χ1n) is 6.17. The largest absolute Gasteiger partial charge is 0.419 e. The molecule has 0 aliphatic carbocycles. The summed E-state index contributed by atoms with van der Waals surface area (Å²) in [6, 6.07) is 2.24. The lowest BCUT2D eigenvalue weighted by Gasteiger charge is -2.11. The normalized spacial score (nSPS) is 11.4. The Morgan fingerprint density at radius 3 is 2.50 bits per heavy atom. The van der Waals surface area contributed by atoms with Crippen molar-refractivity contribution in [1.82, 2.24) is 9.97 Å². The van der Waals surface area contributed by atoms with Crippen LogP contribution in [-0.2, 0) is 6.18 Å². The number of hydrogen-bond donors (Lipinski definition) is 1. The maximum Gasteiger partial charge on any atom is 0.419 e. The van der Waals surface area contributed by atoms with Gasteiger partial charge in [-0.25, -0.2) is 14.4 Å². The molecule has 0 aliphatic rings. The van der Waals surface area contributed by atoms with Gasteiger partial charge in [-0.05, 0) is 32.0 Å². The topological polar surface area (TPSA) is 54.9 Å². The van der Waals surface area contributed by atoms with Crippen molar-refractivity contribution < 1.29 is 22.4 Å². The Kier molecular flexibility index (Phi) is 4.11. The molecule has 0 atom stereocenters. The van der Waals surface area contributed by atoms with Crippen LogP contribution in [0.3, 0.4) is 0 Å². The number of rotatable bonds is 2. The molecule has 116 valence electrons. The van der Waals surface area contributed by atoms with Crippen molar-refractivity contribution >= 4 is 11.6 Å². The number of nitrogens with one attached hydrogen (secondary N) is 1. The highest BCUT2D eigenvalue weighted by Crippen LogP contribution is 2.33. The van der Waals surface area contributed by atoms with Crippen LogP contribution in [0.1, 0.15) is 27.4 Å². The van der Waals surface area contributed by atoms with E-state index in [1.165, 1.54) is 6.20 Å². The van der Waals surface area contributed by atoms with Gasteiger partial charge in [0, 0.05) is 11.9 Å². The average Bonchev–Trinajstić information content (AvgIpc) is 2.39. The van der Waals surface area contributed by atoms with Crippen molar-refractivity contribution in [2.24, 2.45) is 0 Å². The van der Waals surface area contributed by atoms with E-state index in [0.717, 1.165) is 6.07 Å². The Balaban J connectivity index is 2.29. The zero-order valence-electron chi connectivity index (χ0n) is 11.6. The molecule has 1 aromatic heterocycles. The number of anilines is 1. The quantitative estimate of drug-likeness (QED) is 0.863. The third-order valence-electron chi connectivity index (χ3n) is 2.87. The van der Waals surface area contributed by atoms with Gasteiger partial charge in [-0.2, -0.15) is 13.2 Å². The number of aromatic nitrogens is 2. The highest BCUT2D eigenvalue weighted by molar-refractivity contribution is 6.04. The molecule has 0 fully saturated rings. The van der Waals surface area contributed by atoms with E-state index >= 15 is 0 Å². The van der Waals surface area contributed by atoms with Gasteiger partial charge in [0.05, 0.1) is 16.8 Å². The molecule has 1 heterocycles. The maximum absolute atomic E-state index is 13.2. The van der Waals surface area contributed by atoms with E-state index in [1.54, 1.807) is 13.8 Å². The van der Waals surface area contributed by atoms with Crippen LogP contribution in [0.2, 0.25) is 0 Å². The molecule has 0 unspecified atom stereocenters. The molecule has 0 aliphatic heterocycles. The number of hydrogen-bond acceptors (Lipinski definition) is 3. The second-order valence-electron chi connectivity index (χ2n) is 4.56. The number of alkyl halides is 3. The minimum absolute atomic E-state index is 0.128. The molecule has 1 amide bonds. The van der Waals surface area contributed by atoms with Gasteiger partial charge in [-0.1, -0.05) is 0 Å². The second kappa shape index (κ2) is 5.70. The fourth-order valence-electron chi connectivity index (χ4n) is 1.82. The van der Waals surface area contributed by atoms with E-state index in [0.29, 0.717) is 23.7 Å². The van der Waals surface area contributed by atoms with Crippen molar-refractivity contribution in [2.75, 3.05) is 5.32 Å². The van der Waals surface area contributed by atoms with Crippen LogP contribution in [0.4, 0.5) is 23.2 Å². The molecule has 0 bridgehead atoms. The number of aryl methyl sites for hydroxylation is 2. The van der Waals surface area contributed by atoms with E-state index in [4.69, 9.17) is 0 Å². The van der Waals surface area contributed by atoms with Gasteiger partial charge in [-0.15, -0.1) is 0 Å². The molecule has 1 N–H and O–H groups in total. The Morgan fingerprint density at radius 2 is 1.91 bits per heavy atom. The van der Waals surface area contributed by atoms with E-state index in [9.17, 15) is 22.4 Å². The summed E-state index contributed by atoms with van der Waals surface area (Å²) in [5.74, 6) is -1.60. The molecule has 0 spiro atoms. The first kappa shape index (κ1) is 15.9. The molecule has 1 aromatic carbocycles. The summed E-state index contributed by atoms with van der Waals surface area (Å²) in [5, 5.41) is 2.27. The third-order valence-corrected chi connectivity index (χ3v) is 2.87. The maximum atomic E-state index is 13.2. The predicted octanol–water partition coefficient (Wildman–Crippen LogP) is 3.50. The second-order valence-corrected chi connectivity index (χ2v) is 4.56. The summed E-state index contributed by atoms with van der Waals surface area (Å²) in [6.45, 7) is 3.22. The number of benzene rings is 1. The lowest BCUT2D eigenvalue weighted by molar-refractivity contribution is -0.139. The Morgan fingerprint density at radius 1 is 1.23 bits per heavy atom. The first-order valence-corrected chi connectivity index (χ1v) is 6.17. The van der Waals surface area contributed by atoms with Gasteiger partial charge in [0.25, 0.3) is 5.91 Å². The third kappa shape index (κ3) is 3.38. The van der Waals surface area contributed by atoms with Crippen LogP contribution < -0.4 is 5.32 Å². The van der Waals surface area contributed by atoms with Gasteiger partial charge < -0.3 is 5.32 Å². The number of halogens is 4. The van der Waals surface area contributed by atoms with Gasteiger partial charge in [-0.3, -0.25) is 4.79 Å². The molecule has 0 radical (unpaired) electrons. The highest BCUT2D eigenvalue weighted by atomic mass is 19.4. The fraction of sp³-hybridized carbons (Fsp3) is 0.214. The Bertz CT molecular complexity index is 729. The van der Waals surface area contributed by atoms with Gasteiger partial charge in [0.2, 0.25) is 0 Å². The van der Waals surface area contributed by atoms with Gasteiger partial charge in [0.1, 0.15) is 11.6 Å². The van der Waals surface area contributed by atoms with Gasteiger partial charge >= 0.3 is 6.18 Å². The van der Waals surface area contributed by atoms with Crippen molar-refractivity contribution in [3.63, 3.8) is 0 Å². The van der Waals surface area contributed by atoms with Crippen LogP contribution in [0.15, 0.2) is 24.4 Å². The van der Waals surface area contributed by atoms with Crippen molar-refractivity contribution in [2.45, 2.75) is 20.0 Å². The molecule has 22 heavy (non-hydrogen) atoms. The SMILES string of the molecule is Cc1ncc(C(=O)Nc2ccc(F)c(C(F)(F)F)c2)c(C)n1. The van der Waals surface area contributed by atoms with E-state index < -0.39 is 23.5 Å². The Labute approximate surface area is 123 Å². The van der Waals surface area contributed by atoms with Crippen molar-refractivity contribution in [1.29, 1.82) is 0 Å². The molecule has 0 saturated heterocycles. The molecular formula is C14H11F4N3O. The number of carbonyl (C=O) groups excluding carboxylic acids is 1. The summed E-state index contributed by atoms with van der Waals surface area (Å²) >= 11 is 0. The minimum Gasteiger partial charge on any atom is -0.322 e. The summed E-state index contributed by atoms with van der Waals surface area (Å²) in [5.41, 5.74) is -1.09. The summed E-state index contributed by atoms with van der Waals surface area (Å²) in [6.07, 6.45) is -3.56. The predicted molar refractivity (Wildman–Crippen MR) is 70.9 cm³/mol. The number of amides is 1. The summed E-state index contributed by atoms with van der Waals surface area (Å²) < 4.78 is 51.1. The van der Waals surface area contributed by atoms with E-state index in [1.807, 2.05) is 0 Å². The fourth-order valence-corrected chi connectivity index (χ4v) is 1.82. The van der Waals surface area contributed by atoms with Crippen LogP contribution >= 0.6 is 0 Å². The molecule has 8 heteroatoms. The van der Waals surface area contributed by atoms with Gasteiger partial charge in [0.15, 0.2) is 0 Å². The first-order chi connectivity index (χ1) is 10.2. The molecule has 4 nitrogen and oxygen atoms in total. The Hall–Kier alpha value is -2.51. The standard InChI is InChI=1S/C14H11F4N3O/c1-7-10(6-19-8(2)20-7)13(22)21-9-3-4-12(15)11(5-9)14(16,17)18/h3-6H,1-2H3,(H,21,22). The van der Waals surface area contributed by atoms with E-state index in [-0.39, 0.29) is 11.3 Å². The number of carbonyl (C=O) groups is 1. The lowest BCUT2D eigenvalue weighted by atomic mass is 10.1. The molecule has 2 aromatic rings. The van der Waals surface area contributed by atoms with Crippen LogP contribution in [0, 0.1) is 19.7 Å². The van der Waals surface area contributed by atoms with Crippen LogP contribution in [0.5, 0.6) is 0 Å². The monoisotopic (exact) mass is 313 g/mol. The average molecular weight is 313 g/mol. The zero-order chi connectivity index (χ0) is 16.5. The summed E-state index contributed by atoms with van der Waals surface area (Å²) in [7, 11) is 0. The smallest absolute Gasteiger partial charge is 0.322 e. The van der Waals surface area contributed by atoms with Crippen molar-refractivity contribution in [3.05, 3.63) is 52.9 Å². The zero-order valence-corrected chi connectivity index (χ0v) is 11.6. The summed E-state index contributed by atoms with van der Waals surface area (Å²) in [4.78, 5) is 19.9.